The van der Waals surface area contributed by atoms with Gasteiger partial charge in [-0.05, 0) is 24.3 Å². The summed E-state index contributed by atoms with van der Waals surface area (Å²) in [5.41, 5.74) is 3.30. The van der Waals surface area contributed by atoms with E-state index in [1.54, 1.807) is 5.01 Å². The Morgan fingerprint density at radius 2 is 1.79 bits per heavy atom. The number of hydrogen-bond acceptors (Lipinski definition) is 5. The van der Waals surface area contributed by atoms with Crippen LogP contribution in [0.15, 0.2) is 54.6 Å². The van der Waals surface area contributed by atoms with Gasteiger partial charge in [-0.15, -0.1) is 0 Å². The Labute approximate surface area is 110 Å². The summed E-state index contributed by atoms with van der Waals surface area (Å²) in [6.45, 7) is 0.148. The minimum absolute atomic E-state index is 0.148. The number of anilines is 1. The number of benzene rings is 2. The number of para-hydroxylation sites is 3. The maximum Gasteiger partial charge on any atom is 0.347 e. The molecule has 0 aromatic heterocycles. The standard InChI is InChI=1S/C14H12N2O3/c17-14-10-16(15-19-14)12-8-4-5-9-13(12)18-11-6-2-1-3-7-11/h1-9,15H,10H2. The molecule has 19 heavy (non-hydrogen) atoms. The van der Waals surface area contributed by atoms with E-state index in [-0.39, 0.29) is 12.5 Å². The Bertz CT molecular complexity index is 586. The van der Waals surface area contributed by atoms with Gasteiger partial charge < -0.3 is 9.57 Å². The Balaban J connectivity index is 1.87. The molecule has 0 amide bonds. The summed E-state index contributed by atoms with van der Waals surface area (Å²) in [6.07, 6.45) is 0. The van der Waals surface area contributed by atoms with Gasteiger partial charge in [0.05, 0.1) is 5.69 Å². The Morgan fingerprint density at radius 1 is 1.05 bits per heavy atom. The van der Waals surface area contributed by atoms with Crippen LogP contribution in [0, 0.1) is 0 Å². The van der Waals surface area contributed by atoms with Gasteiger partial charge in [-0.3, -0.25) is 5.01 Å². The minimum Gasteiger partial charge on any atom is -0.455 e. The average molecular weight is 256 g/mol. The number of rotatable bonds is 3. The molecule has 1 saturated heterocycles. The summed E-state index contributed by atoms with van der Waals surface area (Å²) in [5.74, 6) is 1.07. The molecular weight excluding hydrogens is 244 g/mol. The third-order valence-corrected chi connectivity index (χ3v) is 2.68. The van der Waals surface area contributed by atoms with Crippen LogP contribution < -0.4 is 15.3 Å². The number of nitrogens with zero attached hydrogens (tertiary/aromatic N) is 1. The van der Waals surface area contributed by atoms with Crippen molar-refractivity contribution in [3.8, 4) is 11.5 Å². The first-order valence-corrected chi connectivity index (χ1v) is 5.88. The summed E-state index contributed by atoms with van der Waals surface area (Å²) in [5, 5.41) is 1.60. The second-order valence-electron chi connectivity index (χ2n) is 4.03. The zero-order valence-electron chi connectivity index (χ0n) is 10.1. The van der Waals surface area contributed by atoms with Crippen molar-refractivity contribution >= 4 is 11.7 Å². The summed E-state index contributed by atoms with van der Waals surface area (Å²) in [4.78, 5) is 15.8. The lowest BCUT2D eigenvalue weighted by atomic mass is 10.2. The lowest BCUT2D eigenvalue weighted by molar-refractivity contribution is -0.142. The van der Waals surface area contributed by atoms with Crippen molar-refractivity contribution in [3.63, 3.8) is 0 Å². The minimum atomic E-state index is -0.325. The molecule has 1 aliphatic heterocycles. The first-order chi connectivity index (χ1) is 9.33. The number of ether oxygens (including phenoxy) is 1. The Kier molecular flexibility index (Phi) is 3.04. The van der Waals surface area contributed by atoms with Gasteiger partial charge in [0.1, 0.15) is 12.3 Å². The SMILES string of the molecule is O=C1CN(c2ccccc2Oc2ccccc2)NO1. The topological polar surface area (TPSA) is 50.8 Å². The molecular formula is C14H12N2O3. The average Bonchev–Trinajstić information content (AvgIpc) is 2.87. The number of hydrogen-bond donors (Lipinski definition) is 1. The molecule has 1 aliphatic rings. The van der Waals surface area contributed by atoms with Gasteiger partial charge in [-0.25, -0.2) is 4.79 Å². The molecule has 0 unspecified atom stereocenters. The molecule has 0 aliphatic carbocycles. The highest BCUT2D eigenvalue weighted by atomic mass is 16.7. The van der Waals surface area contributed by atoms with Gasteiger partial charge in [-0.2, -0.15) is 0 Å². The molecule has 96 valence electrons. The molecule has 1 N–H and O–H groups in total. The Morgan fingerprint density at radius 3 is 2.53 bits per heavy atom. The van der Waals surface area contributed by atoms with Crippen molar-refractivity contribution < 1.29 is 14.4 Å². The highest BCUT2D eigenvalue weighted by molar-refractivity contribution is 5.78. The lowest BCUT2D eigenvalue weighted by Crippen LogP contribution is -2.30. The fourth-order valence-corrected chi connectivity index (χ4v) is 1.82. The molecule has 0 saturated carbocycles. The maximum absolute atomic E-state index is 11.1. The van der Waals surface area contributed by atoms with E-state index in [1.807, 2.05) is 54.6 Å². The molecule has 0 radical (unpaired) electrons. The van der Waals surface area contributed by atoms with E-state index in [1.165, 1.54) is 0 Å². The number of nitrogens with one attached hydrogen (secondary N) is 1. The van der Waals surface area contributed by atoms with Crippen LogP contribution in [-0.2, 0) is 9.63 Å². The van der Waals surface area contributed by atoms with E-state index in [2.05, 4.69) is 5.59 Å². The molecule has 0 atom stereocenters. The van der Waals surface area contributed by atoms with E-state index < -0.39 is 0 Å². The van der Waals surface area contributed by atoms with Gasteiger partial charge in [0.25, 0.3) is 0 Å². The van der Waals surface area contributed by atoms with Crippen LogP contribution in [-0.4, -0.2) is 12.5 Å². The van der Waals surface area contributed by atoms with Crippen molar-refractivity contribution in [1.82, 2.24) is 5.59 Å². The first-order valence-electron chi connectivity index (χ1n) is 5.88. The molecule has 0 bridgehead atoms. The monoisotopic (exact) mass is 256 g/mol. The van der Waals surface area contributed by atoms with Crippen LogP contribution in [0.4, 0.5) is 5.69 Å². The lowest BCUT2D eigenvalue weighted by Gasteiger charge is -2.18. The third-order valence-electron chi connectivity index (χ3n) is 2.68. The normalized spacial score (nSPS) is 14.3. The predicted octanol–water partition coefficient (Wildman–Crippen LogP) is 2.26. The van der Waals surface area contributed by atoms with Crippen molar-refractivity contribution in [3.05, 3.63) is 54.6 Å². The zero-order chi connectivity index (χ0) is 13.1. The van der Waals surface area contributed by atoms with Crippen LogP contribution in [0.1, 0.15) is 0 Å². The van der Waals surface area contributed by atoms with Crippen LogP contribution in [0.25, 0.3) is 0 Å². The van der Waals surface area contributed by atoms with Crippen LogP contribution in [0.5, 0.6) is 11.5 Å². The summed E-state index contributed by atoms with van der Waals surface area (Å²) >= 11 is 0. The van der Waals surface area contributed by atoms with Gasteiger partial charge in [-0.1, -0.05) is 35.9 Å². The first kappa shape index (κ1) is 11.6. The largest absolute Gasteiger partial charge is 0.455 e. The third kappa shape index (κ3) is 2.51. The van der Waals surface area contributed by atoms with E-state index in [4.69, 9.17) is 9.57 Å². The van der Waals surface area contributed by atoms with Crippen molar-refractivity contribution in [1.29, 1.82) is 0 Å². The second-order valence-corrected chi connectivity index (χ2v) is 4.03. The number of carbonyl (C=O) groups excluding carboxylic acids is 1. The maximum atomic E-state index is 11.1. The predicted molar refractivity (Wildman–Crippen MR) is 69.5 cm³/mol. The molecule has 3 rings (SSSR count). The molecule has 5 heteroatoms. The molecule has 2 aromatic rings. The second kappa shape index (κ2) is 4.99. The molecule has 1 heterocycles. The highest BCUT2D eigenvalue weighted by Crippen LogP contribution is 2.31. The highest BCUT2D eigenvalue weighted by Gasteiger charge is 2.23. The van der Waals surface area contributed by atoms with Crippen LogP contribution >= 0.6 is 0 Å². The van der Waals surface area contributed by atoms with Gasteiger partial charge in [0.15, 0.2) is 5.75 Å². The van der Waals surface area contributed by atoms with Gasteiger partial charge in [0.2, 0.25) is 0 Å². The molecule has 2 aromatic carbocycles. The van der Waals surface area contributed by atoms with Crippen LogP contribution in [0.2, 0.25) is 0 Å². The van der Waals surface area contributed by atoms with E-state index in [0.717, 1.165) is 11.4 Å². The van der Waals surface area contributed by atoms with E-state index in [0.29, 0.717) is 5.75 Å². The molecule has 0 spiro atoms. The smallest absolute Gasteiger partial charge is 0.347 e. The summed E-state index contributed by atoms with van der Waals surface area (Å²) < 4.78 is 5.81. The van der Waals surface area contributed by atoms with Crippen molar-refractivity contribution in [2.24, 2.45) is 0 Å². The van der Waals surface area contributed by atoms with Crippen molar-refractivity contribution in [2.45, 2.75) is 0 Å². The summed E-state index contributed by atoms with van der Waals surface area (Å²) in [7, 11) is 0. The fourth-order valence-electron chi connectivity index (χ4n) is 1.82. The number of carbonyl (C=O) groups is 1. The van der Waals surface area contributed by atoms with Crippen molar-refractivity contribution in [2.75, 3.05) is 11.6 Å². The van der Waals surface area contributed by atoms with Gasteiger partial charge >= 0.3 is 5.97 Å². The zero-order valence-corrected chi connectivity index (χ0v) is 10.1. The quantitative estimate of drug-likeness (QED) is 0.912. The van der Waals surface area contributed by atoms with E-state index >= 15 is 0 Å². The van der Waals surface area contributed by atoms with Crippen LogP contribution in [0.3, 0.4) is 0 Å². The summed E-state index contributed by atoms with van der Waals surface area (Å²) in [6, 6.07) is 16.9. The van der Waals surface area contributed by atoms with Gasteiger partial charge in [0, 0.05) is 0 Å². The number of hydrazine groups is 1. The van der Waals surface area contributed by atoms with E-state index in [9.17, 15) is 4.79 Å². The molecule has 1 fully saturated rings. The molecule has 5 nitrogen and oxygen atoms in total. The Hall–Kier alpha value is -2.53. The fraction of sp³-hybridized carbons (Fsp3) is 0.0714.